The van der Waals surface area contributed by atoms with Crippen LogP contribution >= 0.6 is 15.9 Å². The molecule has 0 atom stereocenters. The third-order valence-corrected chi connectivity index (χ3v) is 3.75. The molecular formula is C15H15BrN2O. The summed E-state index contributed by atoms with van der Waals surface area (Å²) < 4.78 is 0.976. The summed E-state index contributed by atoms with van der Waals surface area (Å²) >= 11 is 3.45. The van der Waals surface area contributed by atoms with Gasteiger partial charge in [0.1, 0.15) is 0 Å². The fourth-order valence-corrected chi connectivity index (χ4v) is 2.17. The van der Waals surface area contributed by atoms with Crippen LogP contribution in [0.1, 0.15) is 27.3 Å². The van der Waals surface area contributed by atoms with Crippen LogP contribution in [-0.2, 0) is 0 Å². The summed E-state index contributed by atoms with van der Waals surface area (Å²) in [6.45, 7) is 5.75. The molecule has 1 amide bonds. The Hall–Kier alpha value is -1.68. The number of pyridine rings is 1. The molecule has 0 saturated carbocycles. The number of amides is 1. The largest absolute Gasteiger partial charge is 0.322 e. The molecular weight excluding hydrogens is 304 g/mol. The van der Waals surface area contributed by atoms with Crippen molar-refractivity contribution in [3.8, 4) is 0 Å². The van der Waals surface area contributed by atoms with E-state index in [0.717, 1.165) is 27.1 Å². The van der Waals surface area contributed by atoms with Gasteiger partial charge in [-0.15, -0.1) is 0 Å². The molecule has 2 aromatic rings. The van der Waals surface area contributed by atoms with E-state index in [0.29, 0.717) is 5.56 Å². The first-order chi connectivity index (χ1) is 8.97. The molecule has 0 unspecified atom stereocenters. The molecule has 3 nitrogen and oxygen atoms in total. The summed E-state index contributed by atoms with van der Waals surface area (Å²) in [6, 6.07) is 9.38. The van der Waals surface area contributed by atoms with E-state index in [-0.39, 0.29) is 5.91 Å². The molecule has 0 radical (unpaired) electrons. The monoisotopic (exact) mass is 318 g/mol. The maximum atomic E-state index is 12.2. The van der Waals surface area contributed by atoms with Gasteiger partial charge < -0.3 is 5.32 Å². The van der Waals surface area contributed by atoms with Crippen molar-refractivity contribution >= 4 is 27.5 Å². The van der Waals surface area contributed by atoms with Crippen LogP contribution < -0.4 is 5.32 Å². The molecule has 0 spiro atoms. The Morgan fingerprint density at radius 2 is 1.89 bits per heavy atom. The average molecular weight is 319 g/mol. The second kappa shape index (κ2) is 5.53. The minimum absolute atomic E-state index is 0.138. The van der Waals surface area contributed by atoms with Crippen LogP contribution in [0.2, 0.25) is 0 Å². The first-order valence-electron chi connectivity index (χ1n) is 5.99. The number of nitrogens with zero attached hydrogens (tertiary/aromatic N) is 1. The van der Waals surface area contributed by atoms with Crippen molar-refractivity contribution < 1.29 is 4.79 Å². The fourth-order valence-electron chi connectivity index (χ4n) is 1.80. The summed E-state index contributed by atoms with van der Waals surface area (Å²) in [5, 5.41) is 2.88. The third-order valence-electron chi connectivity index (χ3n) is 2.90. The lowest BCUT2D eigenvalue weighted by Gasteiger charge is -2.09. The molecule has 2 rings (SSSR count). The topological polar surface area (TPSA) is 42.0 Å². The molecule has 1 N–H and O–H groups in total. The number of carbonyl (C=O) groups excluding carboxylic acids is 1. The minimum Gasteiger partial charge on any atom is -0.322 e. The van der Waals surface area contributed by atoms with E-state index in [2.05, 4.69) is 26.2 Å². The van der Waals surface area contributed by atoms with Crippen LogP contribution in [-0.4, -0.2) is 10.9 Å². The quantitative estimate of drug-likeness (QED) is 0.908. The Kier molecular flexibility index (Phi) is 4.00. The van der Waals surface area contributed by atoms with Crippen LogP contribution in [0.5, 0.6) is 0 Å². The number of aryl methyl sites for hydroxylation is 3. The van der Waals surface area contributed by atoms with E-state index in [4.69, 9.17) is 0 Å². The van der Waals surface area contributed by atoms with Crippen LogP contribution in [0.3, 0.4) is 0 Å². The lowest BCUT2D eigenvalue weighted by molar-refractivity contribution is 0.102. The predicted molar refractivity (Wildman–Crippen MR) is 80.5 cm³/mol. The molecule has 1 aromatic heterocycles. The Bertz CT molecular complexity index is 638. The second-order valence-electron chi connectivity index (χ2n) is 4.50. The Morgan fingerprint density at radius 3 is 2.53 bits per heavy atom. The van der Waals surface area contributed by atoms with Crippen LogP contribution in [0, 0.1) is 20.8 Å². The Morgan fingerprint density at radius 1 is 1.16 bits per heavy atom. The van der Waals surface area contributed by atoms with Crippen LogP contribution in [0.15, 0.2) is 34.8 Å². The number of carbonyl (C=O) groups is 1. The summed E-state index contributed by atoms with van der Waals surface area (Å²) in [7, 11) is 0. The highest BCUT2D eigenvalue weighted by molar-refractivity contribution is 9.10. The van der Waals surface area contributed by atoms with Gasteiger partial charge in [-0.3, -0.25) is 9.78 Å². The van der Waals surface area contributed by atoms with Gasteiger partial charge in [0.25, 0.3) is 5.91 Å². The van der Waals surface area contributed by atoms with Gasteiger partial charge in [0.15, 0.2) is 0 Å². The smallest absolute Gasteiger partial charge is 0.257 e. The number of aromatic nitrogens is 1. The van der Waals surface area contributed by atoms with Crippen molar-refractivity contribution in [1.82, 2.24) is 4.98 Å². The van der Waals surface area contributed by atoms with Gasteiger partial charge in [-0.25, -0.2) is 0 Å². The lowest BCUT2D eigenvalue weighted by atomic mass is 10.1. The van der Waals surface area contributed by atoms with Crippen LogP contribution in [0.4, 0.5) is 5.69 Å². The highest BCUT2D eigenvalue weighted by Crippen LogP contribution is 2.21. The highest BCUT2D eigenvalue weighted by atomic mass is 79.9. The average Bonchev–Trinajstić information content (AvgIpc) is 2.33. The van der Waals surface area contributed by atoms with E-state index in [1.54, 1.807) is 6.07 Å². The van der Waals surface area contributed by atoms with Gasteiger partial charge in [0, 0.05) is 15.9 Å². The van der Waals surface area contributed by atoms with Gasteiger partial charge in [-0.1, -0.05) is 22.0 Å². The first kappa shape index (κ1) is 13.7. The van der Waals surface area contributed by atoms with Crippen molar-refractivity contribution in [3.63, 3.8) is 0 Å². The van der Waals surface area contributed by atoms with Gasteiger partial charge in [-0.05, 0) is 50.6 Å². The number of rotatable bonds is 2. The molecule has 1 heterocycles. The highest BCUT2D eigenvalue weighted by Gasteiger charge is 2.10. The van der Waals surface area contributed by atoms with Gasteiger partial charge in [-0.2, -0.15) is 0 Å². The molecule has 0 aliphatic rings. The number of anilines is 1. The standard InChI is InChI=1S/C15H15BrN2O/c1-9-4-6-12(8-14(9)16)18-15(19)13-7-5-10(2)17-11(13)3/h4-8H,1-3H3,(H,18,19). The van der Waals surface area contributed by atoms with Gasteiger partial charge in [0.05, 0.1) is 11.3 Å². The maximum absolute atomic E-state index is 12.2. The number of benzene rings is 1. The molecule has 19 heavy (non-hydrogen) atoms. The predicted octanol–water partition coefficient (Wildman–Crippen LogP) is 4.02. The number of halogens is 1. The fraction of sp³-hybridized carbons (Fsp3) is 0.200. The zero-order valence-electron chi connectivity index (χ0n) is 11.1. The zero-order chi connectivity index (χ0) is 14.0. The van der Waals surface area contributed by atoms with Gasteiger partial charge in [0.2, 0.25) is 0 Å². The van der Waals surface area contributed by atoms with Crippen molar-refractivity contribution in [3.05, 3.63) is 57.3 Å². The first-order valence-corrected chi connectivity index (χ1v) is 6.78. The number of nitrogens with one attached hydrogen (secondary N) is 1. The molecule has 0 fully saturated rings. The minimum atomic E-state index is -0.138. The normalized spacial score (nSPS) is 10.3. The molecule has 1 aromatic carbocycles. The van der Waals surface area contributed by atoms with Crippen molar-refractivity contribution in [2.45, 2.75) is 20.8 Å². The second-order valence-corrected chi connectivity index (χ2v) is 5.36. The van der Waals surface area contributed by atoms with E-state index < -0.39 is 0 Å². The third kappa shape index (κ3) is 3.20. The molecule has 0 aliphatic heterocycles. The van der Waals surface area contributed by atoms with Crippen molar-refractivity contribution in [2.75, 3.05) is 5.32 Å². The van der Waals surface area contributed by atoms with E-state index in [1.165, 1.54) is 0 Å². The molecule has 0 bridgehead atoms. The zero-order valence-corrected chi connectivity index (χ0v) is 12.7. The van der Waals surface area contributed by atoms with Crippen LogP contribution in [0.25, 0.3) is 0 Å². The van der Waals surface area contributed by atoms with E-state index in [1.807, 2.05) is 45.0 Å². The lowest BCUT2D eigenvalue weighted by Crippen LogP contribution is -2.14. The molecule has 4 heteroatoms. The molecule has 98 valence electrons. The molecule has 0 aliphatic carbocycles. The SMILES string of the molecule is Cc1ccc(C(=O)Nc2ccc(C)c(Br)c2)c(C)n1. The summed E-state index contributed by atoms with van der Waals surface area (Å²) in [5.41, 5.74) is 4.15. The van der Waals surface area contributed by atoms with Gasteiger partial charge >= 0.3 is 0 Å². The Labute approximate surface area is 121 Å². The maximum Gasteiger partial charge on any atom is 0.257 e. The number of hydrogen-bond acceptors (Lipinski definition) is 2. The summed E-state index contributed by atoms with van der Waals surface area (Å²) in [4.78, 5) is 16.5. The van der Waals surface area contributed by atoms with Crippen molar-refractivity contribution in [2.24, 2.45) is 0 Å². The van der Waals surface area contributed by atoms with E-state index >= 15 is 0 Å². The number of hydrogen-bond donors (Lipinski definition) is 1. The summed E-state index contributed by atoms with van der Waals surface area (Å²) in [6.07, 6.45) is 0. The summed E-state index contributed by atoms with van der Waals surface area (Å²) in [5.74, 6) is -0.138. The van der Waals surface area contributed by atoms with E-state index in [9.17, 15) is 4.79 Å². The Balaban J connectivity index is 2.23. The van der Waals surface area contributed by atoms with Crippen molar-refractivity contribution in [1.29, 1.82) is 0 Å². The molecule has 0 saturated heterocycles.